The van der Waals surface area contributed by atoms with Gasteiger partial charge in [0.1, 0.15) is 0 Å². The van der Waals surface area contributed by atoms with E-state index in [2.05, 4.69) is 39.3 Å². The summed E-state index contributed by atoms with van der Waals surface area (Å²) in [6.07, 6.45) is 6.28. The number of aromatic nitrogens is 4. The van der Waals surface area contributed by atoms with Gasteiger partial charge in [0.25, 0.3) is 0 Å². The van der Waals surface area contributed by atoms with Crippen molar-refractivity contribution in [3.05, 3.63) is 24.4 Å². The van der Waals surface area contributed by atoms with Gasteiger partial charge >= 0.3 is 0 Å². The molecule has 0 radical (unpaired) electrons. The van der Waals surface area contributed by atoms with E-state index in [0.29, 0.717) is 23.6 Å². The molecular weight excluding hydrogens is 242 g/mol. The first-order valence-corrected chi connectivity index (χ1v) is 6.66. The van der Waals surface area contributed by atoms with Gasteiger partial charge in [-0.3, -0.25) is 0 Å². The number of likely N-dealkylation sites (N-methyl/N-ethyl adjacent to an activating group) is 1. The summed E-state index contributed by atoms with van der Waals surface area (Å²) in [5, 5.41) is 7.34. The normalized spacial score (nSPS) is 12.5. The largest absolute Gasteiger partial charge is 0.339 e. The zero-order chi connectivity index (χ0) is 13.5. The van der Waals surface area contributed by atoms with Crippen molar-refractivity contribution in [3.63, 3.8) is 0 Å². The molecule has 0 aliphatic carbocycles. The third-order valence-electron chi connectivity index (χ3n) is 2.78. The van der Waals surface area contributed by atoms with Crippen LogP contribution in [0.4, 0.5) is 0 Å². The van der Waals surface area contributed by atoms with E-state index in [0.717, 1.165) is 25.8 Å². The molecule has 2 heterocycles. The molecule has 2 aromatic heterocycles. The molecule has 0 spiro atoms. The Labute approximate surface area is 112 Å². The smallest absolute Gasteiger partial charge is 0.240 e. The van der Waals surface area contributed by atoms with Crippen LogP contribution >= 0.6 is 0 Å². The third-order valence-corrected chi connectivity index (χ3v) is 2.78. The molecule has 0 aliphatic heterocycles. The molecule has 0 saturated carbocycles. The summed E-state index contributed by atoms with van der Waals surface area (Å²) in [7, 11) is 0. The quantitative estimate of drug-likeness (QED) is 0.819. The first-order chi connectivity index (χ1) is 9.33. The summed E-state index contributed by atoms with van der Waals surface area (Å²) >= 11 is 0. The Balaban J connectivity index is 2.04. The van der Waals surface area contributed by atoms with Crippen LogP contribution in [0.3, 0.4) is 0 Å². The molecule has 0 amide bonds. The van der Waals surface area contributed by atoms with Gasteiger partial charge in [-0.15, -0.1) is 0 Å². The molecular formula is C13H19N5O. The topological polar surface area (TPSA) is 76.7 Å². The van der Waals surface area contributed by atoms with Crippen molar-refractivity contribution in [3.8, 4) is 11.6 Å². The first kappa shape index (κ1) is 13.6. The van der Waals surface area contributed by atoms with Crippen LogP contribution in [0.2, 0.25) is 0 Å². The van der Waals surface area contributed by atoms with Gasteiger partial charge < -0.3 is 9.84 Å². The Morgan fingerprint density at radius 1 is 1.21 bits per heavy atom. The van der Waals surface area contributed by atoms with Crippen molar-refractivity contribution < 1.29 is 4.52 Å². The molecule has 2 rings (SSSR count). The number of hydrogen-bond donors (Lipinski definition) is 1. The average Bonchev–Trinajstić information content (AvgIpc) is 2.89. The van der Waals surface area contributed by atoms with Gasteiger partial charge in [0.05, 0.1) is 0 Å². The SMILES string of the molecule is CCCC(Cc1nc(-c2ncccn2)no1)NCC. The molecule has 6 nitrogen and oxygen atoms in total. The molecule has 102 valence electrons. The fourth-order valence-electron chi connectivity index (χ4n) is 1.97. The summed E-state index contributed by atoms with van der Waals surface area (Å²) in [5.41, 5.74) is 0. The van der Waals surface area contributed by atoms with Gasteiger partial charge in [-0.05, 0) is 19.0 Å². The third kappa shape index (κ3) is 3.82. The van der Waals surface area contributed by atoms with Gasteiger partial charge in [-0.1, -0.05) is 25.4 Å². The molecule has 0 bridgehead atoms. The van der Waals surface area contributed by atoms with E-state index in [4.69, 9.17) is 4.52 Å². The summed E-state index contributed by atoms with van der Waals surface area (Å²) in [6, 6.07) is 2.13. The molecule has 19 heavy (non-hydrogen) atoms. The van der Waals surface area contributed by atoms with Crippen LogP contribution in [-0.4, -0.2) is 32.7 Å². The fraction of sp³-hybridized carbons (Fsp3) is 0.538. The maximum Gasteiger partial charge on any atom is 0.240 e. The number of hydrogen-bond acceptors (Lipinski definition) is 6. The van der Waals surface area contributed by atoms with E-state index in [1.165, 1.54) is 0 Å². The Hall–Kier alpha value is -1.82. The monoisotopic (exact) mass is 261 g/mol. The van der Waals surface area contributed by atoms with E-state index in [1.54, 1.807) is 18.5 Å². The van der Waals surface area contributed by atoms with Crippen molar-refractivity contribution in [1.29, 1.82) is 0 Å². The Morgan fingerprint density at radius 2 is 2.00 bits per heavy atom. The highest BCUT2D eigenvalue weighted by Gasteiger charge is 2.15. The van der Waals surface area contributed by atoms with Crippen molar-refractivity contribution in [2.75, 3.05) is 6.54 Å². The minimum atomic E-state index is 0.375. The molecule has 1 atom stereocenters. The van der Waals surface area contributed by atoms with Crippen LogP contribution in [0, 0.1) is 0 Å². The predicted molar refractivity (Wildman–Crippen MR) is 71.4 cm³/mol. The highest BCUT2D eigenvalue weighted by molar-refractivity contribution is 5.40. The molecule has 1 unspecified atom stereocenters. The highest BCUT2D eigenvalue weighted by Crippen LogP contribution is 2.11. The van der Waals surface area contributed by atoms with Crippen molar-refractivity contribution >= 4 is 0 Å². The minimum Gasteiger partial charge on any atom is -0.339 e. The van der Waals surface area contributed by atoms with E-state index in [1.807, 2.05) is 0 Å². The number of rotatable bonds is 7. The lowest BCUT2D eigenvalue weighted by atomic mass is 10.1. The second-order valence-electron chi connectivity index (χ2n) is 4.33. The van der Waals surface area contributed by atoms with Crippen LogP contribution in [0.1, 0.15) is 32.6 Å². The summed E-state index contributed by atoms with van der Waals surface area (Å²) in [4.78, 5) is 12.5. The van der Waals surface area contributed by atoms with Gasteiger partial charge in [-0.25, -0.2) is 9.97 Å². The second-order valence-corrected chi connectivity index (χ2v) is 4.33. The molecule has 2 aromatic rings. The van der Waals surface area contributed by atoms with Crippen LogP contribution in [0.25, 0.3) is 11.6 Å². The Kier molecular flexibility index (Phi) is 4.97. The van der Waals surface area contributed by atoms with Crippen molar-refractivity contribution in [2.45, 2.75) is 39.2 Å². The Morgan fingerprint density at radius 3 is 2.68 bits per heavy atom. The molecule has 0 fully saturated rings. The highest BCUT2D eigenvalue weighted by atomic mass is 16.5. The minimum absolute atomic E-state index is 0.375. The maximum absolute atomic E-state index is 5.26. The average molecular weight is 261 g/mol. The molecule has 0 aromatic carbocycles. The summed E-state index contributed by atoms with van der Waals surface area (Å²) < 4.78 is 5.26. The predicted octanol–water partition coefficient (Wildman–Crippen LogP) is 1.85. The van der Waals surface area contributed by atoms with Crippen molar-refractivity contribution in [1.82, 2.24) is 25.4 Å². The van der Waals surface area contributed by atoms with E-state index >= 15 is 0 Å². The van der Waals surface area contributed by atoms with Gasteiger partial charge in [0.15, 0.2) is 0 Å². The van der Waals surface area contributed by atoms with E-state index in [-0.39, 0.29) is 0 Å². The second kappa shape index (κ2) is 6.94. The Bertz CT molecular complexity index is 479. The lowest BCUT2D eigenvalue weighted by Crippen LogP contribution is -2.30. The van der Waals surface area contributed by atoms with Gasteiger partial charge in [0.2, 0.25) is 17.5 Å². The zero-order valence-corrected chi connectivity index (χ0v) is 11.3. The van der Waals surface area contributed by atoms with Crippen LogP contribution in [0.5, 0.6) is 0 Å². The molecule has 0 saturated heterocycles. The molecule has 1 N–H and O–H groups in total. The molecule has 6 heteroatoms. The van der Waals surface area contributed by atoms with Crippen LogP contribution < -0.4 is 5.32 Å². The maximum atomic E-state index is 5.26. The van der Waals surface area contributed by atoms with E-state index in [9.17, 15) is 0 Å². The van der Waals surface area contributed by atoms with E-state index < -0.39 is 0 Å². The van der Waals surface area contributed by atoms with Crippen LogP contribution in [0.15, 0.2) is 23.0 Å². The van der Waals surface area contributed by atoms with Crippen LogP contribution in [-0.2, 0) is 6.42 Å². The summed E-state index contributed by atoms with van der Waals surface area (Å²) in [6.45, 7) is 5.20. The molecule has 0 aliphatic rings. The fourth-order valence-corrected chi connectivity index (χ4v) is 1.97. The first-order valence-electron chi connectivity index (χ1n) is 6.66. The number of nitrogens with zero attached hydrogens (tertiary/aromatic N) is 4. The lowest BCUT2D eigenvalue weighted by Gasteiger charge is -2.14. The lowest BCUT2D eigenvalue weighted by molar-refractivity contribution is 0.352. The summed E-state index contributed by atoms with van der Waals surface area (Å²) in [5.74, 6) is 1.57. The standard InChI is InChI=1S/C13H19N5O/c1-3-6-10(14-4-2)9-11-17-13(18-19-11)12-15-7-5-8-16-12/h5,7-8,10,14H,3-4,6,9H2,1-2H3. The van der Waals surface area contributed by atoms with Gasteiger partial charge in [0, 0.05) is 24.9 Å². The number of nitrogens with one attached hydrogen (secondary N) is 1. The zero-order valence-electron chi connectivity index (χ0n) is 11.3. The van der Waals surface area contributed by atoms with Crippen molar-refractivity contribution in [2.24, 2.45) is 0 Å². The van der Waals surface area contributed by atoms with Gasteiger partial charge in [-0.2, -0.15) is 4.98 Å².